The second-order valence-electron chi connectivity index (χ2n) is 6.00. The molecule has 1 aliphatic heterocycles. The molecule has 1 saturated carbocycles. The molecule has 21 heavy (non-hydrogen) atoms. The minimum Gasteiger partial charge on any atom is -0.481 e. The van der Waals surface area contributed by atoms with E-state index < -0.39 is 23.8 Å². The fourth-order valence-electron chi connectivity index (χ4n) is 3.58. The number of carbonyl (C=O) groups excluding carboxylic acids is 1. The van der Waals surface area contributed by atoms with Gasteiger partial charge in [-0.15, -0.1) is 0 Å². The van der Waals surface area contributed by atoms with Crippen molar-refractivity contribution >= 4 is 17.8 Å². The van der Waals surface area contributed by atoms with Crippen molar-refractivity contribution in [1.29, 1.82) is 0 Å². The molecule has 7 heteroatoms. The van der Waals surface area contributed by atoms with Crippen LogP contribution in [0.2, 0.25) is 0 Å². The Morgan fingerprint density at radius 1 is 1.00 bits per heavy atom. The molecule has 1 amide bonds. The molecule has 118 valence electrons. The van der Waals surface area contributed by atoms with Crippen LogP contribution in [0.15, 0.2) is 0 Å². The summed E-state index contributed by atoms with van der Waals surface area (Å²) in [5.41, 5.74) is 5.69. The summed E-state index contributed by atoms with van der Waals surface area (Å²) in [6.45, 7) is 0.761. The minimum absolute atomic E-state index is 0.0150. The van der Waals surface area contributed by atoms with Crippen LogP contribution in [-0.2, 0) is 14.4 Å². The fourth-order valence-corrected chi connectivity index (χ4v) is 3.58. The van der Waals surface area contributed by atoms with Gasteiger partial charge in [-0.05, 0) is 31.7 Å². The first-order chi connectivity index (χ1) is 9.95. The Bertz CT molecular complexity index is 439. The summed E-state index contributed by atoms with van der Waals surface area (Å²) in [5, 5.41) is 18.3. The third-order valence-electron chi connectivity index (χ3n) is 4.84. The zero-order valence-corrected chi connectivity index (χ0v) is 11.9. The highest BCUT2D eigenvalue weighted by molar-refractivity contribution is 5.83. The van der Waals surface area contributed by atoms with Gasteiger partial charge in [-0.1, -0.05) is 6.42 Å². The molecule has 2 aliphatic rings. The first kappa shape index (κ1) is 15.8. The smallest absolute Gasteiger partial charge is 0.309 e. The standard InChI is InChI=1S/C14H22N2O5/c15-6-8-2-1-3-9(8)12(17)16-5-4-10(13(18)19)11(7-16)14(20)21/h8-11H,1-7,15H2,(H,18,19)(H,20,21). The first-order valence-electron chi connectivity index (χ1n) is 7.40. The Hall–Kier alpha value is -1.63. The number of nitrogens with zero attached hydrogens (tertiary/aromatic N) is 1. The number of nitrogens with two attached hydrogens (primary N) is 1. The minimum atomic E-state index is -1.15. The van der Waals surface area contributed by atoms with E-state index in [1.807, 2.05) is 0 Å². The summed E-state index contributed by atoms with van der Waals surface area (Å²) in [4.78, 5) is 36.4. The van der Waals surface area contributed by atoms with Gasteiger partial charge in [-0.25, -0.2) is 0 Å². The van der Waals surface area contributed by atoms with Crippen molar-refractivity contribution in [2.75, 3.05) is 19.6 Å². The molecule has 7 nitrogen and oxygen atoms in total. The Morgan fingerprint density at radius 2 is 1.67 bits per heavy atom. The van der Waals surface area contributed by atoms with Gasteiger partial charge in [-0.3, -0.25) is 14.4 Å². The monoisotopic (exact) mass is 298 g/mol. The molecule has 4 atom stereocenters. The molecule has 0 aromatic carbocycles. The highest BCUT2D eigenvalue weighted by Crippen LogP contribution is 2.34. The van der Waals surface area contributed by atoms with Crippen molar-refractivity contribution in [3.63, 3.8) is 0 Å². The van der Waals surface area contributed by atoms with E-state index in [9.17, 15) is 19.5 Å². The summed E-state index contributed by atoms with van der Waals surface area (Å²) in [6.07, 6.45) is 2.88. The lowest BCUT2D eigenvalue weighted by Gasteiger charge is -2.36. The van der Waals surface area contributed by atoms with Crippen molar-refractivity contribution in [3.05, 3.63) is 0 Å². The van der Waals surface area contributed by atoms with Crippen molar-refractivity contribution in [2.45, 2.75) is 25.7 Å². The van der Waals surface area contributed by atoms with E-state index in [-0.39, 0.29) is 30.7 Å². The fraction of sp³-hybridized carbons (Fsp3) is 0.786. The normalized spacial score (nSPS) is 32.9. The Kier molecular flexibility index (Phi) is 4.82. The van der Waals surface area contributed by atoms with E-state index in [4.69, 9.17) is 10.8 Å². The second kappa shape index (κ2) is 6.43. The van der Waals surface area contributed by atoms with E-state index >= 15 is 0 Å². The lowest BCUT2D eigenvalue weighted by atomic mass is 9.84. The van der Waals surface area contributed by atoms with Gasteiger partial charge in [0.15, 0.2) is 0 Å². The molecule has 4 unspecified atom stereocenters. The van der Waals surface area contributed by atoms with Gasteiger partial charge in [0.05, 0.1) is 11.8 Å². The summed E-state index contributed by atoms with van der Waals surface area (Å²) in [5.74, 6) is -4.22. The maximum absolute atomic E-state index is 12.5. The molecular weight excluding hydrogens is 276 g/mol. The Balaban J connectivity index is 2.06. The summed E-state index contributed by atoms with van der Waals surface area (Å²) in [6, 6.07) is 0. The zero-order chi connectivity index (χ0) is 15.6. The molecule has 1 saturated heterocycles. The van der Waals surface area contributed by atoms with Crippen LogP contribution in [0.25, 0.3) is 0 Å². The maximum atomic E-state index is 12.5. The quantitative estimate of drug-likeness (QED) is 0.671. The van der Waals surface area contributed by atoms with Gasteiger partial charge in [-0.2, -0.15) is 0 Å². The average molecular weight is 298 g/mol. The number of hydrogen-bond donors (Lipinski definition) is 3. The van der Waals surface area contributed by atoms with Gasteiger partial charge in [0, 0.05) is 19.0 Å². The molecule has 0 spiro atoms. The van der Waals surface area contributed by atoms with E-state index in [2.05, 4.69) is 0 Å². The van der Waals surface area contributed by atoms with Crippen LogP contribution in [0, 0.1) is 23.7 Å². The lowest BCUT2D eigenvalue weighted by Crippen LogP contribution is -2.50. The number of aliphatic carboxylic acids is 2. The van der Waals surface area contributed by atoms with Gasteiger partial charge < -0.3 is 20.8 Å². The summed E-state index contributed by atoms with van der Waals surface area (Å²) < 4.78 is 0. The van der Waals surface area contributed by atoms with Crippen molar-refractivity contribution < 1.29 is 24.6 Å². The number of carbonyl (C=O) groups is 3. The molecule has 0 radical (unpaired) electrons. The predicted octanol–water partition coefficient (Wildman–Crippen LogP) is -0.00470. The number of likely N-dealkylation sites (tertiary alicyclic amines) is 1. The molecule has 0 aromatic rings. The number of amides is 1. The van der Waals surface area contributed by atoms with Crippen LogP contribution >= 0.6 is 0 Å². The van der Waals surface area contributed by atoms with Gasteiger partial charge in [0.25, 0.3) is 0 Å². The first-order valence-corrected chi connectivity index (χ1v) is 7.40. The Morgan fingerprint density at radius 3 is 2.24 bits per heavy atom. The SMILES string of the molecule is NCC1CCCC1C(=O)N1CCC(C(=O)O)C(C(=O)O)C1. The van der Waals surface area contributed by atoms with Crippen molar-refractivity contribution in [2.24, 2.45) is 29.4 Å². The van der Waals surface area contributed by atoms with Crippen LogP contribution in [0.1, 0.15) is 25.7 Å². The van der Waals surface area contributed by atoms with Gasteiger partial charge in [0.1, 0.15) is 0 Å². The highest BCUT2D eigenvalue weighted by Gasteiger charge is 2.42. The average Bonchev–Trinajstić information content (AvgIpc) is 2.94. The van der Waals surface area contributed by atoms with E-state index in [0.29, 0.717) is 13.1 Å². The number of rotatable bonds is 4. The zero-order valence-electron chi connectivity index (χ0n) is 11.9. The lowest BCUT2D eigenvalue weighted by molar-refractivity contribution is -0.160. The van der Waals surface area contributed by atoms with Gasteiger partial charge in [0.2, 0.25) is 5.91 Å². The van der Waals surface area contributed by atoms with Gasteiger partial charge >= 0.3 is 11.9 Å². The number of hydrogen-bond acceptors (Lipinski definition) is 4. The maximum Gasteiger partial charge on any atom is 0.309 e. The van der Waals surface area contributed by atoms with Crippen LogP contribution in [-0.4, -0.2) is 52.6 Å². The summed E-state index contributed by atoms with van der Waals surface area (Å²) >= 11 is 0. The molecule has 1 aliphatic carbocycles. The predicted molar refractivity (Wildman–Crippen MR) is 73.3 cm³/mol. The molecule has 2 fully saturated rings. The van der Waals surface area contributed by atoms with Crippen LogP contribution in [0.5, 0.6) is 0 Å². The van der Waals surface area contributed by atoms with Crippen molar-refractivity contribution in [3.8, 4) is 0 Å². The van der Waals surface area contributed by atoms with E-state index in [1.165, 1.54) is 4.90 Å². The van der Waals surface area contributed by atoms with Crippen LogP contribution in [0.3, 0.4) is 0 Å². The second-order valence-corrected chi connectivity index (χ2v) is 6.00. The van der Waals surface area contributed by atoms with E-state index in [1.54, 1.807) is 0 Å². The molecule has 0 bridgehead atoms. The number of carboxylic acids is 2. The molecule has 2 rings (SSSR count). The van der Waals surface area contributed by atoms with Crippen LogP contribution < -0.4 is 5.73 Å². The third kappa shape index (κ3) is 3.18. The molecule has 1 heterocycles. The summed E-state index contributed by atoms with van der Waals surface area (Å²) in [7, 11) is 0. The van der Waals surface area contributed by atoms with E-state index in [0.717, 1.165) is 19.3 Å². The third-order valence-corrected chi connectivity index (χ3v) is 4.84. The number of piperidine rings is 1. The largest absolute Gasteiger partial charge is 0.481 e. The van der Waals surface area contributed by atoms with Crippen molar-refractivity contribution in [1.82, 2.24) is 4.90 Å². The molecule has 4 N–H and O–H groups in total. The molecule has 0 aromatic heterocycles. The van der Waals surface area contributed by atoms with Crippen LogP contribution in [0.4, 0.5) is 0 Å². The molecular formula is C14H22N2O5. The Labute approximate surface area is 123 Å². The number of carboxylic acid groups (broad SMARTS) is 2. The topological polar surface area (TPSA) is 121 Å². The highest BCUT2D eigenvalue weighted by atomic mass is 16.4.